The monoisotopic (exact) mass is 246 g/mol. The van der Waals surface area contributed by atoms with Gasteiger partial charge in [-0.2, -0.15) is 0 Å². The number of unbranched alkanes of at least 4 members (excludes halogenated alkanes) is 1. The first kappa shape index (κ1) is 14.2. The van der Waals surface area contributed by atoms with Crippen molar-refractivity contribution in [2.24, 2.45) is 0 Å². The number of rotatable bonds is 6. The van der Waals surface area contributed by atoms with Crippen molar-refractivity contribution >= 4 is 17.8 Å². The molecular weight excluding hydrogens is 228 g/mol. The third-order valence-corrected chi connectivity index (χ3v) is 2.47. The van der Waals surface area contributed by atoms with Crippen LogP contribution >= 0.6 is 0 Å². The maximum Gasteiger partial charge on any atom is 0.330 e. The first-order valence-corrected chi connectivity index (χ1v) is 6.09. The van der Waals surface area contributed by atoms with Gasteiger partial charge in [-0.25, -0.2) is 4.79 Å². The molecule has 0 fully saturated rings. The first-order chi connectivity index (χ1) is 8.63. The Morgan fingerprint density at radius 2 is 1.89 bits per heavy atom. The zero-order valence-corrected chi connectivity index (χ0v) is 10.8. The standard InChI is InChI=1S/C15H18O3/c1-3-4-11-18-15(17)10-7-13-5-8-14(9-6-13)12(2)16/h5-10H,3-4,11H2,1-2H3. The van der Waals surface area contributed by atoms with E-state index in [1.807, 2.05) is 6.92 Å². The molecule has 0 heterocycles. The van der Waals surface area contributed by atoms with Gasteiger partial charge >= 0.3 is 5.97 Å². The zero-order chi connectivity index (χ0) is 13.4. The molecule has 0 spiro atoms. The van der Waals surface area contributed by atoms with E-state index in [0.29, 0.717) is 12.2 Å². The van der Waals surface area contributed by atoms with E-state index in [1.165, 1.54) is 13.0 Å². The Morgan fingerprint density at radius 3 is 2.44 bits per heavy atom. The minimum atomic E-state index is -0.334. The second-order valence-electron chi connectivity index (χ2n) is 4.03. The number of benzene rings is 1. The predicted molar refractivity (Wildman–Crippen MR) is 71.3 cm³/mol. The van der Waals surface area contributed by atoms with E-state index >= 15 is 0 Å². The second kappa shape index (κ2) is 7.43. The van der Waals surface area contributed by atoms with E-state index in [2.05, 4.69) is 0 Å². The molecule has 0 radical (unpaired) electrons. The fourth-order valence-electron chi connectivity index (χ4n) is 1.36. The normalized spacial score (nSPS) is 10.6. The number of ketones is 1. The van der Waals surface area contributed by atoms with Gasteiger partial charge < -0.3 is 4.74 Å². The smallest absolute Gasteiger partial charge is 0.330 e. The Morgan fingerprint density at radius 1 is 1.22 bits per heavy atom. The van der Waals surface area contributed by atoms with Gasteiger partial charge in [-0.05, 0) is 25.0 Å². The van der Waals surface area contributed by atoms with Crippen LogP contribution < -0.4 is 0 Å². The molecule has 0 saturated carbocycles. The van der Waals surface area contributed by atoms with Crippen molar-refractivity contribution in [1.29, 1.82) is 0 Å². The summed E-state index contributed by atoms with van der Waals surface area (Å²) in [5.41, 5.74) is 1.53. The maximum atomic E-state index is 11.3. The summed E-state index contributed by atoms with van der Waals surface area (Å²) in [6.07, 6.45) is 4.97. The van der Waals surface area contributed by atoms with Gasteiger partial charge in [0.05, 0.1) is 6.61 Å². The molecule has 0 aliphatic carbocycles. The lowest BCUT2D eigenvalue weighted by Crippen LogP contribution is -2.01. The molecule has 3 nitrogen and oxygen atoms in total. The molecular formula is C15H18O3. The van der Waals surface area contributed by atoms with Gasteiger partial charge in [-0.15, -0.1) is 0 Å². The molecule has 0 unspecified atom stereocenters. The Hall–Kier alpha value is -1.90. The van der Waals surface area contributed by atoms with Crippen LogP contribution in [0.25, 0.3) is 6.08 Å². The summed E-state index contributed by atoms with van der Waals surface area (Å²) in [4.78, 5) is 22.4. The highest BCUT2D eigenvalue weighted by Gasteiger charge is 1.98. The Bertz CT molecular complexity index is 430. The van der Waals surface area contributed by atoms with Crippen LogP contribution in [0.15, 0.2) is 30.3 Å². The van der Waals surface area contributed by atoms with Gasteiger partial charge in [0.1, 0.15) is 0 Å². The number of carbonyl (C=O) groups excluding carboxylic acids is 2. The average Bonchev–Trinajstić information content (AvgIpc) is 2.37. The SMILES string of the molecule is CCCCOC(=O)C=Cc1ccc(C(C)=O)cc1. The van der Waals surface area contributed by atoms with Crippen LogP contribution in [0.3, 0.4) is 0 Å². The molecule has 96 valence electrons. The van der Waals surface area contributed by atoms with Gasteiger partial charge in [-0.1, -0.05) is 37.6 Å². The molecule has 0 bridgehead atoms. The van der Waals surface area contributed by atoms with Crippen LogP contribution in [0.2, 0.25) is 0 Å². The molecule has 0 N–H and O–H groups in total. The molecule has 3 heteroatoms. The number of carbonyl (C=O) groups is 2. The van der Waals surface area contributed by atoms with Gasteiger partial charge in [0.15, 0.2) is 5.78 Å². The lowest BCUT2D eigenvalue weighted by molar-refractivity contribution is -0.137. The topological polar surface area (TPSA) is 43.4 Å². The largest absolute Gasteiger partial charge is 0.463 e. The minimum Gasteiger partial charge on any atom is -0.463 e. The molecule has 1 aromatic carbocycles. The molecule has 0 aliphatic heterocycles. The van der Waals surface area contributed by atoms with E-state index in [1.54, 1.807) is 30.3 Å². The van der Waals surface area contributed by atoms with Crippen molar-refractivity contribution < 1.29 is 14.3 Å². The summed E-state index contributed by atoms with van der Waals surface area (Å²) in [5, 5.41) is 0. The number of hydrogen-bond acceptors (Lipinski definition) is 3. The number of hydrogen-bond donors (Lipinski definition) is 0. The summed E-state index contributed by atoms with van der Waals surface area (Å²) >= 11 is 0. The Balaban J connectivity index is 2.51. The van der Waals surface area contributed by atoms with E-state index in [0.717, 1.165) is 18.4 Å². The van der Waals surface area contributed by atoms with E-state index < -0.39 is 0 Å². The van der Waals surface area contributed by atoms with Crippen molar-refractivity contribution in [1.82, 2.24) is 0 Å². The van der Waals surface area contributed by atoms with Crippen molar-refractivity contribution in [3.8, 4) is 0 Å². The predicted octanol–water partition coefficient (Wildman–Crippen LogP) is 3.25. The Kier molecular flexibility index (Phi) is 5.85. The van der Waals surface area contributed by atoms with Gasteiger partial charge in [0.2, 0.25) is 0 Å². The molecule has 1 aromatic rings. The third kappa shape index (κ3) is 4.95. The molecule has 0 atom stereocenters. The third-order valence-electron chi connectivity index (χ3n) is 2.47. The number of Topliss-reactive ketones (excluding diaryl/α,β-unsaturated/α-hetero) is 1. The highest BCUT2D eigenvalue weighted by molar-refractivity contribution is 5.94. The van der Waals surface area contributed by atoms with Crippen LogP contribution in [-0.2, 0) is 9.53 Å². The summed E-state index contributed by atoms with van der Waals surface area (Å²) in [6, 6.07) is 7.08. The fraction of sp³-hybridized carbons (Fsp3) is 0.333. The second-order valence-corrected chi connectivity index (χ2v) is 4.03. The van der Waals surface area contributed by atoms with Crippen molar-refractivity contribution in [3.05, 3.63) is 41.5 Å². The van der Waals surface area contributed by atoms with Crippen molar-refractivity contribution in [3.63, 3.8) is 0 Å². The van der Waals surface area contributed by atoms with Gasteiger partial charge in [0.25, 0.3) is 0 Å². The average molecular weight is 246 g/mol. The van der Waals surface area contributed by atoms with Crippen LogP contribution in [0.4, 0.5) is 0 Å². The molecule has 18 heavy (non-hydrogen) atoms. The minimum absolute atomic E-state index is 0.0319. The quantitative estimate of drug-likeness (QED) is 0.335. The molecule has 0 saturated heterocycles. The molecule has 1 rings (SSSR count). The summed E-state index contributed by atoms with van der Waals surface area (Å²) < 4.78 is 4.99. The van der Waals surface area contributed by atoms with Crippen LogP contribution in [0, 0.1) is 0 Å². The Labute approximate surface area is 107 Å². The van der Waals surface area contributed by atoms with Crippen LogP contribution in [-0.4, -0.2) is 18.4 Å². The molecule has 0 aliphatic rings. The molecule has 0 amide bonds. The van der Waals surface area contributed by atoms with E-state index in [4.69, 9.17) is 4.74 Å². The summed E-state index contributed by atoms with van der Waals surface area (Å²) in [5.74, 6) is -0.302. The van der Waals surface area contributed by atoms with Gasteiger partial charge in [0, 0.05) is 11.6 Å². The van der Waals surface area contributed by atoms with Crippen molar-refractivity contribution in [2.75, 3.05) is 6.61 Å². The summed E-state index contributed by atoms with van der Waals surface area (Å²) in [6.45, 7) is 4.03. The van der Waals surface area contributed by atoms with Crippen LogP contribution in [0.1, 0.15) is 42.6 Å². The molecule has 0 aromatic heterocycles. The van der Waals surface area contributed by atoms with E-state index in [-0.39, 0.29) is 11.8 Å². The zero-order valence-electron chi connectivity index (χ0n) is 10.8. The number of esters is 1. The van der Waals surface area contributed by atoms with E-state index in [9.17, 15) is 9.59 Å². The highest BCUT2D eigenvalue weighted by Crippen LogP contribution is 2.07. The summed E-state index contributed by atoms with van der Waals surface area (Å²) in [7, 11) is 0. The fourth-order valence-corrected chi connectivity index (χ4v) is 1.36. The van der Waals surface area contributed by atoms with Crippen molar-refractivity contribution in [2.45, 2.75) is 26.7 Å². The van der Waals surface area contributed by atoms with Crippen LogP contribution in [0.5, 0.6) is 0 Å². The lowest BCUT2D eigenvalue weighted by atomic mass is 10.1. The first-order valence-electron chi connectivity index (χ1n) is 6.09. The lowest BCUT2D eigenvalue weighted by Gasteiger charge is -1.99. The maximum absolute atomic E-state index is 11.3. The van der Waals surface area contributed by atoms with Gasteiger partial charge in [-0.3, -0.25) is 4.79 Å². The highest BCUT2D eigenvalue weighted by atomic mass is 16.5. The number of ether oxygens (including phenoxy) is 1.